The van der Waals surface area contributed by atoms with Crippen LogP contribution < -0.4 is 11.1 Å². The first kappa shape index (κ1) is 14.8. The monoisotopic (exact) mass is 267 g/mol. The van der Waals surface area contributed by atoms with Crippen LogP contribution >= 0.6 is 0 Å². The Morgan fingerprint density at radius 1 is 1.42 bits per heavy atom. The van der Waals surface area contributed by atoms with Crippen LogP contribution in [0, 0.1) is 5.92 Å². The lowest BCUT2D eigenvalue weighted by Crippen LogP contribution is -2.65. The summed E-state index contributed by atoms with van der Waals surface area (Å²) in [7, 11) is 0. The minimum atomic E-state index is -0.508. The first-order valence-electron chi connectivity index (χ1n) is 7.81. The van der Waals surface area contributed by atoms with Gasteiger partial charge in [-0.3, -0.25) is 15.0 Å². The number of primary amides is 1. The zero-order chi connectivity index (χ0) is 14.0. The highest BCUT2D eigenvalue weighted by Crippen LogP contribution is 2.41. The fourth-order valence-corrected chi connectivity index (χ4v) is 3.62. The van der Waals surface area contributed by atoms with Crippen LogP contribution in [-0.2, 0) is 4.79 Å². The molecule has 2 aliphatic rings. The lowest BCUT2D eigenvalue weighted by atomic mass is 9.90. The molecule has 1 heterocycles. The van der Waals surface area contributed by atoms with Crippen molar-refractivity contribution in [2.75, 3.05) is 13.1 Å². The molecule has 2 unspecified atom stereocenters. The molecule has 2 atom stereocenters. The second-order valence-electron chi connectivity index (χ2n) is 6.58. The summed E-state index contributed by atoms with van der Waals surface area (Å²) in [4.78, 5) is 14.6. The number of hydrogen-bond donors (Lipinski definition) is 2. The highest BCUT2D eigenvalue weighted by atomic mass is 16.1. The molecule has 4 heteroatoms. The number of rotatable bonds is 7. The molecule has 0 bridgehead atoms. The number of nitrogens with zero attached hydrogens (tertiary/aromatic N) is 1. The van der Waals surface area contributed by atoms with Crippen LogP contribution in [-0.4, -0.2) is 41.5 Å². The highest BCUT2D eigenvalue weighted by molar-refractivity contribution is 5.86. The summed E-state index contributed by atoms with van der Waals surface area (Å²) < 4.78 is 0. The summed E-state index contributed by atoms with van der Waals surface area (Å²) >= 11 is 0. The van der Waals surface area contributed by atoms with Crippen molar-refractivity contribution in [3.05, 3.63) is 0 Å². The number of nitrogens with two attached hydrogens (primary N) is 1. The molecule has 1 saturated carbocycles. The van der Waals surface area contributed by atoms with Crippen LogP contribution in [0.15, 0.2) is 0 Å². The second-order valence-corrected chi connectivity index (χ2v) is 6.58. The first-order chi connectivity index (χ1) is 8.99. The standard InChI is InChI=1S/C15H29N3O/c1-4-13-6-5-9-18(13)10-15(14(16)19,12-7-8-12)17-11(2)3/h11-13,17H,4-10H2,1-3H3,(H2,16,19). The van der Waals surface area contributed by atoms with E-state index in [4.69, 9.17) is 5.73 Å². The molecular formula is C15H29N3O. The van der Waals surface area contributed by atoms with Gasteiger partial charge in [0.1, 0.15) is 5.54 Å². The van der Waals surface area contributed by atoms with E-state index >= 15 is 0 Å². The van der Waals surface area contributed by atoms with Gasteiger partial charge < -0.3 is 5.73 Å². The van der Waals surface area contributed by atoms with Crippen LogP contribution in [0.25, 0.3) is 0 Å². The number of likely N-dealkylation sites (tertiary alicyclic amines) is 1. The average Bonchev–Trinajstić information content (AvgIpc) is 3.09. The molecule has 1 saturated heterocycles. The molecule has 1 aliphatic heterocycles. The largest absolute Gasteiger partial charge is 0.368 e. The maximum Gasteiger partial charge on any atom is 0.239 e. The Balaban J connectivity index is 2.14. The van der Waals surface area contributed by atoms with Gasteiger partial charge in [-0.15, -0.1) is 0 Å². The first-order valence-corrected chi connectivity index (χ1v) is 7.81. The van der Waals surface area contributed by atoms with Crippen molar-refractivity contribution in [2.45, 2.75) is 70.5 Å². The molecule has 2 fully saturated rings. The number of nitrogens with one attached hydrogen (secondary N) is 1. The van der Waals surface area contributed by atoms with E-state index in [9.17, 15) is 4.79 Å². The van der Waals surface area contributed by atoms with Gasteiger partial charge in [-0.25, -0.2) is 0 Å². The molecule has 110 valence electrons. The molecule has 1 aliphatic carbocycles. The third kappa shape index (κ3) is 3.11. The molecule has 4 nitrogen and oxygen atoms in total. The Morgan fingerprint density at radius 2 is 2.11 bits per heavy atom. The van der Waals surface area contributed by atoms with Crippen molar-refractivity contribution >= 4 is 5.91 Å². The van der Waals surface area contributed by atoms with Gasteiger partial charge in [-0.2, -0.15) is 0 Å². The number of carbonyl (C=O) groups is 1. The molecule has 0 aromatic rings. The molecule has 2 rings (SSSR count). The van der Waals surface area contributed by atoms with Crippen LogP contribution in [0.1, 0.15) is 52.9 Å². The molecular weight excluding hydrogens is 238 g/mol. The van der Waals surface area contributed by atoms with Gasteiger partial charge in [-0.1, -0.05) is 6.92 Å². The Bertz CT molecular complexity index is 327. The molecule has 0 aromatic heterocycles. The van der Waals surface area contributed by atoms with E-state index in [1.54, 1.807) is 0 Å². The van der Waals surface area contributed by atoms with E-state index in [1.807, 2.05) is 0 Å². The average molecular weight is 267 g/mol. The normalized spacial score (nSPS) is 27.7. The van der Waals surface area contributed by atoms with Crippen molar-refractivity contribution in [3.63, 3.8) is 0 Å². The van der Waals surface area contributed by atoms with Crippen molar-refractivity contribution in [1.82, 2.24) is 10.2 Å². The maximum absolute atomic E-state index is 12.2. The van der Waals surface area contributed by atoms with Gasteiger partial charge in [0.25, 0.3) is 0 Å². The van der Waals surface area contributed by atoms with E-state index < -0.39 is 5.54 Å². The Labute approximate surface area is 117 Å². The van der Waals surface area contributed by atoms with Crippen LogP contribution in [0.3, 0.4) is 0 Å². The summed E-state index contributed by atoms with van der Waals surface area (Å²) in [6, 6.07) is 0.919. The van der Waals surface area contributed by atoms with Gasteiger partial charge >= 0.3 is 0 Å². The summed E-state index contributed by atoms with van der Waals surface area (Å²) in [5.41, 5.74) is 5.29. The third-order valence-electron chi connectivity index (χ3n) is 4.68. The molecule has 0 radical (unpaired) electrons. The van der Waals surface area contributed by atoms with Gasteiger partial charge in [-0.05, 0) is 58.4 Å². The molecule has 0 spiro atoms. The highest BCUT2D eigenvalue weighted by Gasteiger charge is 2.51. The van der Waals surface area contributed by atoms with Crippen LogP contribution in [0.4, 0.5) is 0 Å². The van der Waals surface area contributed by atoms with Gasteiger partial charge in [0, 0.05) is 18.6 Å². The summed E-state index contributed by atoms with van der Waals surface area (Å²) in [5.74, 6) is 0.274. The zero-order valence-electron chi connectivity index (χ0n) is 12.6. The Morgan fingerprint density at radius 3 is 2.58 bits per heavy atom. The third-order valence-corrected chi connectivity index (χ3v) is 4.68. The predicted octanol–water partition coefficient (Wildman–Crippen LogP) is 1.49. The zero-order valence-corrected chi connectivity index (χ0v) is 12.6. The van der Waals surface area contributed by atoms with E-state index in [0.29, 0.717) is 12.0 Å². The van der Waals surface area contributed by atoms with Gasteiger partial charge in [0.2, 0.25) is 5.91 Å². The van der Waals surface area contributed by atoms with Gasteiger partial charge in [0.15, 0.2) is 0 Å². The minimum Gasteiger partial charge on any atom is -0.368 e. The predicted molar refractivity (Wildman–Crippen MR) is 77.8 cm³/mol. The molecule has 0 aromatic carbocycles. The SMILES string of the molecule is CCC1CCCN1CC(NC(C)C)(C(N)=O)C1CC1. The van der Waals surface area contributed by atoms with Crippen LogP contribution in [0.2, 0.25) is 0 Å². The number of hydrogen-bond acceptors (Lipinski definition) is 3. The Hall–Kier alpha value is -0.610. The van der Waals surface area contributed by atoms with Gasteiger partial charge in [0.05, 0.1) is 0 Å². The van der Waals surface area contributed by atoms with Crippen molar-refractivity contribution in [1.29, 1.82) is 0 Å². The van der Waals surface area contributed by atoms with E-state index in [-0.39, 0.29) is 11.9 Å². The summed E-state index contributed by atoms with van der Waals surface area (Å²) in [5, 5.41) is 3.51. The second kappa shape index (κ2) is 5.80. The molecule has 19 heavy (non-hydrogen) atoms. The fraction of sp³-hybridized carbons (Fsp3) is 0.933. The number of amides is 1. The van der Waals surface area contributed by atoms with Crippen molar-refractivity contribution in [3.8, 4) is 0 Å². The summed E-state index contributed by atoms with van der Waals surface area (Å²) in [6.45, 7) is 8.34. The summed E-state index contributed by atoms with van der Waals surface area (Å²) in [6.07, 6.45) is 5.94. The van der Waals surface area contributed by atoms with Crippen molar-refractivity contribution in [2.24, 2.45) is 11.7 Å². The van der Waals surface area contributed by atoms with E-state index in [1.165, 1.54) is 19.3 Å². The quantitative estimate of drug-likeness (QED) is 0.735. The molecule has 3 N–H and O–H groups in total. The lowest BCUT2D eigenvalue weighted by molar-refractivity contribution is -0.126. The minimum absolute atomic E-state index is 0.162. The topological polar surface area (TPSA) is 58.4 Å². The van der Waals surface area contributed by atoms with E-state index in [2.05, 4.69) is 31.0 Å². The smallest absolute Gasteiger partial charge is 0.239 e. The van der Waals surface area contributed by atoms with Crippen molar-refractivity contribution < 1.29 is 4.79 Å². The Kier molecular flexibility index (Phi) is 4.51. The van der Waals surface area contributed by atoms with E-state index in [0.717, 1.165) is 25.9 Å². The van der Waals surface area contributed by atoms with Crippen LogP contribution in [0.5, 0.6) is 0 Å². The lowest BCUT2D eigenvalue weighted by Gasteiger charge is -2.39. The number of carbonyl (C=O) groups excluding carboxylic acids is 1. The molecule has 1 amide bonds. The maximum atomic E-state index is 12.2. The fourth-order valence-electron chi connectivity index (χ4n) is 3.62.